The molecule has 7 nitrogen and oxygen atoms in total. The molecule has 2 aromatic carbocycles. The molecule has 1 unspecified atom stereocenters. The molecule has 0 aliphatic heterocycles. The number of imidazole rings is 1. The zero-order valence-electron chi connectivity index (χ0n) is 13.9. The van der Waals surface area contributed by atoms with Crippen molar-refractivity contribution in [1.82, 2.24) is 15.1 Å². The Balaban J connectivity index is 1.54. The van der Waals surface area contributed by atoms with Crippen LogP contribution in [0.4, 0.5) is 5.69 Å². The van der Waals surface area contributed by atoms with Crippen molar-refractivity contribution in [3.05, 3.63) is 66.1 Å². The molecule has 3 N–H and O–H groups in total. The van der Waals surface area contributed by atoms with E-state index in [1.807, 2.05) is 30.3 Å². The van der Waals surface area contributed by atoms with Crippen LogP contribution in [0.25, 0.3) is 22.4 Å². The van der Waals surface area contributed by atoms with E-state index in [0.717, 1.165) is 11.1 Å². The maximum Gasteiger partial charge on any atom is 0.277 e. The van der Waals surface area contributed by atoms with Crippen LogP contribution in [0.2, 0.25) is 0 Å². The number of H-pyrrole nitrogens is 1. The minimum atomic E-state index is -0.688. The molecule has 1 atom stereocenters. The number of hydrogen-bond donors (Lipinski definition) is 3. The number of aliphatic hydroxyl groups is 1. The predicted octanol–water partition coefficient (Wildman–Crippen LogP) is 3.52. The van der Waals surface area contributed by atoms with Crippen LogP contribution in [0.5, 0.6) is 0 Å². The minimum Gasteiger partial charge on any atom is -0.385 e. The zero-order chi connectivity index (χ0) is 18.1. The summed E-state index contributed by atoms with van der Waals surface area (Å²) in [7, 11) is 0. The number of nitrogens with zero attached hydrogens (tertiary/aromatic N) is 2. The lowest BCUT2D eigenvalue weighted by Gasteiger charge is -2.02. The van der Waals surface area contributed by atoms with E-state index >= 15 is 0 Å². The van der Waals surface area contributed by atoms with Crippen molar-refractivity contribution < 1.29 is 14.4 Å². The molecule has 0 fully saturated rings. The van der Waals surface area contributed by atoms with Gasteiger partial charge in [-0.05, 0) is 25.1 Å². The van der Waals surface area contributed by atoms with Gasteiger partial charge in [0.2, 0.25) is 0 Å². The molecule has 7 heteroatoms. The molecular formula is C19H16N4O3. The average Bonchev–Trinajstić information content (AvgIpc) is 3.29. The maximum absolute atomic E-state index is 12.4. The molecule has 0 bridgehead atoms. The molecule has 1 amide bonds. The van der Waals surface area contributed by atoms with Gasteiger partial charge in [0.15, 0.2) is 11.5 Å². The molecule has 2 heterocycles. The molecule has 4 aromatic rings. The number of nitrogens with one attached hydrogen (secondary N) is 2. The summed E-state index contributed by atoms with van der Waals surface area (Å²) in [6.45, 7) is 1.63. The third kappa shape index (κ3) is 3.07. The third-order valence-corrected chi connectivity index (χ3v) is 3.95. The third-order valence-electron chi connectivity index (χ3n) is 3.95. The normalized spacial score (nSPS) is 12.2. The van der Waals surface area contributed by atoms with Crippen molar-refractivity contribution in [2.45, 2.75) is 13.0 Å². The summed E-state index contributed by atoms with van der Waals surface area (Å²) in [5.41, 5.74) is 3.07. The van der Waals surface area contributed by atoms with Gasteiger partial charge in [0.1, 0.15) is 11.9 Å². The highest BCUT2D eigenvalue weighted by Gasteiger charge is 2.15. The molecule has 130 valence electrons. The van der Waals surface area contributed by atoms with Crippen LogP contribution >= 0.6 is 0 Å². The number of amides is 1. The summed E-state index contributed by atoms with van der Waals surface area (Å²) in [4.78, 5) is 19.7. The second-order valence-corrected chi connectivity index (χ2v) is 5.93. The smallest absolute Gasteiger partial charge is 0.277 e. The Morgan fingerprint density at radius 2 is 2.00 bits per heavy atom. The van der Waals surface area contributed by atoms with Crippen LogP contribution in [-0.4, -0.2) is 26.1 Å². The fraction of sp³-hybridized carbons (Fsp3) is 0.105. The zero-order valence-corrected chi connectivity index (χ0v) is 13.9. The lowest BCUT2D eigenvalue weighted by molar-refractivity contribution is 0.101. The molecule has 0 radical (unpaired) electrons. The van der Waals surface area contributed by atoms with E-state index in [-0.39, 0.29) is 11.6 Å². The molecule has 4 rings (SSSR count). The highest BCUT2D eigenvalue weighted by molar-refractivity contribution is 6.04. The quantitative estimate of drug-likeness (QED) is 0.523. The van der Waals surface area contributed by atoms with E-state index in [1.165, 1.54) is 0 Å². The Morgan fingerprint density at radius 3 is 2.77 bits per heavy atom. The predicted molar refractivity (Wildman–Crippen MR) is 96.6 cm³/mol. The standard InChI is InChI=1S/C19H16N4O3/c1-11(24)18-21-14-8-7-13(9-15(14)22-18)20-19(25)16-10-17(26-23-16)12-5-3-2-4-6-12/h2-11,24H,1H3,(H,20,25)(H,21,22). The highest BCUT2D eigenvalue weighted by atomic mass is 16.5. The Morgan fingerprint density at radius 1 is 1.19 bits per heavy atom. The van der Waals surface area contributed by atoms with Gasteiger partial charge in [-0.25, -0.2) is 4.98 Å². The summed E-state index contributed by atoms with van der Waals surface area (Å²) >= 11 is 0. The molecule has 2 aromatic heterocycles. The van der Waals surface area contributed by atoms with E-state index < -0.39 is 6.10 Å². The number of hydrogen-bond acceptors (Lipinski definition) is 5. The number of benzene rings is 2. The summed E-state index contributed by atoms with van der Waals surface area (Å²) < 4.78 is 5.25. The van der Waals surface area contributed by atoms with Gasteiger partial charge in [0.25, 0.3) is 5.91 Å². The second-order valence-electron chi connectivity index (χ2n) is 5.93. The van der Waals surface area contributed by atoms with Crippen LogP contribution < -0.4 is 5.32 Å². The number of aromatic nitrogens is 3. The molecule has 0 aliphatic rings. The molecule has 0 spiro atoms. The lowest BCUT2D eigenvalue weighted by Crippen LogP contribution is -2.12. The van der Waals surface area contributed by atoms with Crippen molar-refractivity contribution in [2.24, 2.45) is 0 Å². The first-order valence-corrected chi connectivity index (χ1v) is 8.11. The van der Waals surface area contributed by atoms with Crippen molar-refractivity contribution in [2.75, 3.05) is 5.32 Å². The first kappa shape index (κ1) is 16.0. The fourth-order valence-electron chi connectivity index (χ4n) is 2.62. The van der Waals surface area contributed by atoms with Crippen LogP contribution in [0.3, 0.4) is 0 Å². The van der Waals surface area contributed by atoms with E-state index in [4.69, 9.17) is 4.52 Å². The Hall–Kier alpha value is -3.45. The van der Waals surface area contributed by atoms with E-state index in [9.17, 15) is 9.90 Å². The van der Waals surface area contributed by atoms with Gasteiger partial charge in [-0.15, -0.1) is 0 Å². The highest BCUT2D eigenvalue weighted by Crippen LogP contribution is 2.22. The van der Waals surface area contributed by atoms with Crippen LogP contribution in [0.1, 0.15) is 29.3 Å². The summed E-state index contributed by atoms with van der Waals surface area (Å²) in [5.74, 6) is 0.638. The number of rotatable bonds is 4. The molecule has 0 aliphatic carbocycles. The molecular weight excluding hydrogens is 332 g/mol. The monoisotopic (exact) mass is 348 g/mol. The Kier molecular flexibility index (Phi) is 3.98. The first-order valence-electron chi connectivity index (χ1n) is 8.11. The van der Waals surface area contributed by atoms with E-state index in [0.29, 0.717) is 22.8 Å². The first-order chi connectivity index (χ1) is 12.6. The minimum absolute atomic E-state index is 0.193. The van der Waals surface area contributed by atoms with Crippen molar-refractivity contribution in [1.29, 1.82) is 0 Å². The van der Waals surface area contributed by atoms with Gasteiger partial charge in [0, 0.05) is 17.3 Å². The van der Waals surface area contributed by atoms with Crippen molar-refractivity contribution in [3.63, 3.8) is 0 Å². The van der Waals surface area contributed by atoms with Crippen molar-refractivity contribution >= 4 is 22.6 Å². The van der Waals surface area contributed by atoms with Gasteiger partial charge >= 0.3 is 0 Å². The SMILES string of the molecule is CC(O)c1nc2ccc(NC(=O)c3cc(-c4ccccc4)on3)cc2[nH]1. The Labute approximate surface area is 148 Å². The molecule has 26 heavy (non-hydrogen) atoms. The summed E-state index contributed by atoms with van der Waals surface area (Å²) in [6, 6.07) is 16.3. The summed E-state index contributed by atoms with van der Waals surface area (Å²) in [6.07, 6.45) is -0.688. The fourth-order valence-corrected chi connectivity index (χ4v) is 2.62. The number of anilines is 1. The number of aromatic amines is 1. The lowest BCUT2D eigenvalue weighted by atomic mass is 10.1. The number of carbonyl (C=O) groups is 1. The number of carbonyl (C=O) groups excluding carboxylic acids is 1. The van der Waals surface area contributed by atoms with Gasteiger partial charge in [-0.3, -0.25) is 4.79 Å². The van der Waals surface area contributed by atoms with Gasteiger partial charge in [-0.2, -0.15) is 0 Å². The molecule has 0 saturated heterocycles. The van der Waals surface area contributed by atoms with E-state index in [2.05, 4.69) is 20.4 Å². The van der Waals surface area contributed by atoms with Gasteiger partial charge in [-0.1, -0.05) is 35.5 Å². The van der Waals surface area contributed by atoms with Crippen LogP contribution in [0, 0.1) is 0 Å². The topological polar surface area (TPSA) is 104 Å². The number of aliphatic hydroxyl groups excluding tert-OH is 1. The molecule has 0 saturated carbocycles. The number of fused-ring (bicyclic) bond motifs is 1. The van der Waals surface area contributed by atoms with Crippen molar-refractivity contribution in [3.8, 4) is 11.3 Å². The second kappa shape index (κ2) is 6.45. The average molecular weight is 348 g/mol. The Bertz CT molecular complexity index is 1070. The largest absolute Gasteiger partial charge is 0.385 e. The van der Waals surface area contributed by atoms with Crippen LogP contribution in [-0.2, 0) is 0 Å². The van der Waals surface area contributed by atoms with Gasteiger partial charge < -0.3 is 19.9 Å². The van der Waals surface area contributed by atoms with Gasteiger partial charge in [0.05, 0.1) is 11.0 Å². The van der Waals surface area contributed by atoms with E-state index in [1.54, 1.807) is 31.2 Å². The summed E-state index contributed by atoms with van der Waals surface area (Å²) in [5, 5.41) is 16.2. The maximum atomic E-state index is 12.4. The van der Waals surface area contributed by atoms with Crippen LogP contribution in [0.15, 0.2) is 59.1 Å².